The molecule has 1 N–H and O–H groups in total. The second-order valence-electron chi connectivity index (χ2n) is 9.09. The molecule has 0 bridgehead atoms. The maximum atomic E-state index is 13.2. The zero-order chi connectivity index (χ0) is 25.7. The molecule has 4 aromatic rings. The van der Waals surface area contributed by atoms with Gasteiger partial charge >= 0.3 is 0 Å². The number of hydrogen-bond donors (Lipinski definition) is 1. The third kappa shape index (κ3) is 5.18. The molecule has 0 fully saturated rings. The first kappa shape index (κ1) is 24.8. The third-order valence-electron chi connectivity index (χ3n) is 6.07. The molecule has 182 valence electrons. The summed E-state index contributed by atoms with van der Waals surface area (Å²) in [6, 6.07) is 23.5. The summed E-state index contributed by atoms with van der Waals surface area (Å²) in [5, 5.41) is 13.5. The van der Waals surface area contributed by atoms with Gasteiger partial charge < -0.3 is 14.5 Å². The Kier molecular flexibility index (Phi) is 7.56. The van der Waals surface area contributed by atoms with Crippen LogP contribution in [0.3, 0.4) is 0 Å². The normalized spacial score (nSPS) is 11.5. The third-order valence-corrected chi connectivity index (χ3v) is 6.07. The maximum absolute atomic E-state index is 13.2. The molecule has 1 aromatic heterocycles. The molecule has 5 nitrogen and oxygen atoms in total. The van der Waals surface area contributed by atoms with Crippen molar-refractivity contribution in [2.75, 3.05) is 13.7 Å². The minimum Gasteiger partial charge on any atom is -0.493 e. The van der Waals surface area contributed by atoms with Gasteiger partial charge in [0.05, 0.1) is 24.3 Å². The van der Waals surface area contributed by atoms with E-state index in [0.717, 1.165) is 23.1 Å². The SMILES string of the molecule is CCc1ccc(/C=C(\C#N)c2ccc(-c3oc4c(OC)cccc4c3C(=O)NCC(C)C)cc2)cc1. The Hall–Kier alpha value is -4.30. The van der Waals surface area contributed by atoms with E-state index in [2.05, 4.69) is 44.3 Å². The Morgan fingerprint density at radius 1 is 1.08 bits per heavy atom. The van der Waals surface area contributed by atoms with E-state index in [-0.39, 0.29) is 5.91 Å². The number of nitrogens with one attached hydrogen (secondary N) is 1. The fourth-order valence-corrected chi connectivity index (χ4v) is 4.07. The van der Waals surface area contributed by atoms with Gasteiger partial charge in [-0.1, -0.05) is 81.4 Å². The number of nitrogens with zero attached hydrogens (tertiary/aromatic N) is 1. The van der Waals surface area contributed by atoms with Crippen LogP contribution in [0.5, 0.6) is 5.75 Å². The summed E-state index contributed by atoms with van der Waals surface area (Å²) in [5.41, 5.74) is 5.34. The number of hydrogen-bond acceptors (Lipinski definition) is 4. The molecule has 36 heavy (non-hydrogen) atoms. The van der Waals surface area contributed by atoms with Gasteiger partial charge in [-0.15, -0.1) is 0 Å². The molecule has 0 spiro atoms. The van der Waals surface area contributed by atoms with Gasteiger partial charge in [0.15, 0.2) is 11.3 Å². The van der Waals surface area contributed by atoms with Crippen LogP contribution in [0.25, 0.3) is 33.9 Å². The van der Waals surface area contributed by atoms with Crippen LogP contribution in [0, 0.1) is 17.2 Å². The number of carbonyl (C=O) groups excluding carboxylic acids is 1. The number of para-hydroxylation sites is 1. The standard InChI is InChI=1S/C31H30N2O3/c1-5-21-9-11-22(12-10-21)17-25(18-32)23-13-15-24(16-14-23)29-28(31(34)33-19-20(2)3)26-7-6-8-27(35-4)30(26)36-29/h6-17,20H,5,19H2,1-4H3,(H,33,34)/b25-17+. The van der Waals surface area contributed by atoms with Gasteiger partial charge in [-0.25, -0.2) is 0 Å². The average Bonchev–Trinajstić information content (AvgIpc) is 3.30. The monoisotopic (exact) mass is 478 g/mol. The smallest absolute Gasteiger partial charge is 0.255 e. The first-order valence-corrected chi connectivity index (χ1v) is 12.1. The van der Waals surface area contributed by atoms with Crippen molar-refractivity contribution in [3.63, 3.8) is 0 Å². The predicted molar refractivity (Wildman–Crippen MR) is 145 cm³/mol. The first-order chi connectivity index (χ1) is 17.4. The molecule has 0 atom stereocenters. The van der Waals surface area contributed by atoms with Crippen molar-refractivity contribution < 1.29 is 13.9 Å². The lowest BCUT2D eigenvalue weighted by atomic mass is 9.99. The van der Waals surface area contributed by atoms with Crippen molar-refractivity contribution in [1.29, 1.82) is 5.26 Å². The van der Waals surface area contributed by atoms with Gasteiger partial charge in [0.1, 0.15) is 5.76 Å². The molecule has 0 aliphatic carbocycles. The molecular weight excluding hydrogens is 448 g/mol. The average molecular weight is 479 g/mol. The van der Waals surface area contributed by atoms with Crippen molar-refractivity contribution >= 4 is 28.5 Å². The van der Waals surface area contributed by atoms with Gasteiger partial charge in [-0.3, -0.25) is 4.79 Å². The molecule has 4 rings (SSSR count). The van der Waals surface area contributed by atoms with Crippen molar-refractivity contribution in [3.05, 3.63) is 89.0 Å². The van der Waals surface area contributed by atoms with Gasteiger partial charge in [0.2, 0.25) is 0 Å². The molecule has 3 aromatic carbocycles. The van der Waals surface area contributed by atoms with E-state index < -0.39 is 0 Å². The lowest BCUT2D eigenvalue weighted by molar-refractivity contribution is 0.0950. The van der Waals surface area contributed by atoms with Crippen LogP contribution < -0.4 is 10.1 Å². The van der Waals surface area contributed by atoms with Crippen molar-refractivity contribution in [2.45, 2.75) is 27.2 Å². The summed E-state index contributed by atoms with van der Waals surface area (Å²) in [6.45, 7) is 6.78. The van der Waals surface area contributed by atoms with Crippen LogP contribution in [-0.4, -0.2) is 19.6 Å². The van der Waals surface area contributed by atoms with Crippen LogP contribution in [0.4, 0.5) is 0 Å². The van der Waals surface area contributed by atoms with Crippen LogP contribution in [0.15, 0.2) is 71.1 Å². The van der Waals surface area contributed by atoms with E-state index in [1.54, 1.807) is 7.11 Å². The van der Waals surface area contributed by atoms with Crippen LogP contribution in [-0.2, 0) is 6.42 Å². The Labute approximate surface area is 212 Å². The van der Waals surface area contributed by atoms with Crippen LogP contribution in [0.2, 0.25) is 0 Å². The highest BCUT2D eigenvalue weighted by atomic mass is 16.5. The number of fused-ring (bicyclic) bond motifs is 1. The quantitative estimate of drug-likeness (QED) is 0.216. The number of methoxy groups -OCH3 is 1. The molecule has 1 amide bonds. The molecule has 0 radical (unpaired) electrons. The number of amides is 1. The van der Waals surface area contributed by atoms with E-state index in [9.17, 15) is 10.1 Å². The number of rotatable bonds is 8. The lowest BCUT2D eigenvalue weighted by Crippen LogP contribution is -2.27. The molecular formula is C31H30N2O3. The molecule has 0 saturated heterocycles. The van der Waals surface area contributed by atoms with Gasteiger partial charge in [0.25, 0.3) is 5.91 Å². The highest BCUT2D eigenvalue weighted by molar-refractivity contribution is 6.12. The van der Waals surface area contributed by atoms with E-state index in [1.807, 2.05) is 60.7 Å². The van der Waals surface area contributed by atoms with Gasteiger partial charge in [-0.05, 0) is 41.2 Å². The summed E-state index contributed by atoms with van der Waals surface area (Å²) in [7, 11) is 1.58. The number of ether oxygens (including phenoxy) is 1. The van der Waals surface area contributed by atoms with Crippen LogP contribution >= 0.6 is 0 Å². The minimum absolute atomic E-state index is 0.192. The maximum Gasteiger partial charge on any atom is 0.255 e. The highest BCUT2D eigenvalue weighted by Gasteiger charge is 2.24. The summed E-state index contributed by atoms with van der Waals surface area (Å²) >= 11 is 0. The number of aryl methyl sites for hydroxylation is 1. The van der Waals surface area contributed by atoms with Crippen molar-refractivity contribution in [1.82, 2.24) is 5.32 Å². The zero-order valence-corrected chi connectivity index (χ0v) is 21.1. The zero-order valence-electron chi connectivity index (χ0n) is 21.1. The topological polar surface area (TPSA) is 75.3 Å². The summed E-state index contributed by atoms with van der Waals surface area (Å²) in [6.07, 6.45) is 2.85. The second-order valence-corrected chi connectivity index (χ2v) is 9.09. The highest BCUT2D eigenvalue weighted by Crippen LogP contribution is 2.38. The largest absolute Gasteiger partial charge is 0.493 e. The van der Waals surface area contributed by atoms with E-state index in [1.165, 1.54) is 5.56 Å². The van der Waals surface area contributed by atoms with Crippen molar-refractivity contribution in [2.24, 2.45) is 5.92 Å². The molecule has 0 saturated carbocycles. The van der Waals surface area contributed by atoms with E-state index >= 15 is 0 Å². The Morgan fingerprint density at radius 2 is 1.81 bits per heavy atom. The molecule has 5 heteroatoms. The second kappa shape index (κ2) is 11.0. The van der Waals surface area contributed by atoms with E-state index in [4.69, 9.17) is 9.15 Å². The Balaban J connectivity index is 1.74. The number of benzene rings is 3. The lowest BCUT2D eigenvalue weighted by Gasteiger charge is -2.09. The number of allylic oxidation sites excluding steroid dienone is 1. The minimum atomic E-state index is -0.192. The molecule has 1 heterocycles. The van der Waals surface area contributed by atoms with E-state index in [0.29, 0.717) is 46.1 Å². The first-order valence-electron chi connectivity index (χ1n) is 12.1. The Morgan fingerprint density at radius 3 is 2.42 bits per heavy atom. The summed E-state index contributed by atoms with van der Waals surface area (Å²) in [4.78, 5) is 13.2. The predicted octanol–water partition coefficient (Wildman–Crippen LogP) is 7.12. The fourth-order valence-electron chi connectivity index (χ4n) is 4.07. The molecule has 0 aliphatic heterocycles. The number of furan rings is 1. The summed E-state index contributed by atoms with van der Waals surface area (Å²) in [5.74, 6) is 1.17. The molecule has 0 aliphatic rings. The Bertz CT molecular complexity index is 1440. The number of nitriles is 1. The number of carbonyl (C=O) groups is 1. The molecule has 0 unspecified atom stereocenters. The van der Waals surface area contributed by atoms with Crippen molar-refractivity contribution in [3.8, 4) is 23.1 Å². The summed E-state index contributed by atoms with van der Waals surface area (Å²) < 4.78 is 11.7. The van der Waals surface area contributed by atoms with Gasteiger partial charge in [-0.2, -0.15) is 5.26 Å². The van der Waals surface area contributed by atoms with Crippen LogP contribution in [0.1, 0.15) is 47.8 Å². The fraction of sp³-hybridized carbons (Fsp3) is 0.226. The van der Waals surface area contributed by atoms with Gasteiger partial charge in [0, 0.05) is 17.5 Å².